The van der Waals surface area contributed by atoms with Crippen LogP contribution in [0, 0.1) is 0 Å². The van der Waals surface area contributed by atoms with Crippen molar-refractivity contribution in [1.82, 2.24) is 5.32 Å². The number of carbonyl (C=O) groups excluding carboxylic acids is 2. The van der Waals surface area contributed by atoms with E-state index in [0.717, 1.165) is 24.0 Å². The van der Waals surface area contributed by atoms with Gasteiger partial charge in [0.05, 0.1) is 5.54 Å². The molecule has 0 aliphatic heterocycles. The Balaban J connectivity index is 1.83. The molecule has 18 heavy (non-hydrogen) atoms. The molecule has 1 unspecified atom stereocenters. The molecule has 1 N–H and O–H groups in total. The van der Waals surface area contributed by atoms with Crippen LogP contribution in [0.5, 0.6) is 0 Å². The van der Waals surface area contributed by atoms with E-state index in [4.69, 9.17) is 0 Å². The Bertz CT molecular complexity index is 563. The first kappa shape index (κ1) is 11.2. The van der Waals surface area contributed by atoms with E-state index >= 15 is 0 Å². The number of amides is 1. The van der Waals surface area contributed by atoms with Crippen LogP contribution < -0.4 is 5.32 Å². The lowest BCUT2D eigenvalue weighted by Crippen LogP contribution is -2.49. The number of allylic oxidation sites excluding steroid dienone is 6. The summed E-state index contributed by atoms with van der Waals surface area (Å²) in [4.78, 5) is 24.1. The molecule has 0 aromatic carbocycles. The average Bonchev–Trinajstić information content (AvgIpc) is 2.95. The number of hydrogen-bond donors (Lipinski definition) is 1. The molecule has 3 nitrogen and oxygen atoms in total. The second-order valence-corrected chi connectivity index (χ2v) is 5.20. The van der Waals surface area contributed by atoms with E-state index in [1.165, 1.54) is 0 Å². The number of rotatable bonds is 2. The van der Waals surface area contributed by atoms with Gasteiger partial charge in [0.15, 0.2) is 5.78 Å². The monoisotopic (exact) mass is 241 g/mol. The van der Waals surface area contributed by atoms with Crippen LogP contribution >= 0.6 is 0 Å². The van der Waals surface area contributed by atoms with Gasteiger partial charge in [0.2, 0.25) is 0 Å². The SMILES string of the molecule is CC1(NC(=O)C2=C3C=CC=C3C=C2)CCCC1=O. The minimum Gasteiger partial charge on any atom is -0.340 e. The maximum absolute atomic E-state index is 12.3. The number of fused-ring (bicyclic) bond motifs is 1. The summed E-state index contributed by atoms with van der Waals surface area (Å²) in [6.45, 7) is 1.82. The zero-order chi connectivity index (χ0) is 12.8. The first-order valence-electron chi connectivity index (χ1n) is 6.27. The largest absolute Gasteiger partial charge is 0.340 e. The van der Waals surface area contributed by atoms with Gasteiger partial charge in [-0.3, -0.25) is 9.59 Å². The van der Waals surface area contributed by atoms with E-state index in [2.05, 4.69) is 5.32 Å². The van der Waals surface area contributed by atoms with Gasteiger partial charge < -0.3 is 5.32 Å². The summed E-state index contributed by atoms with van der Waals surface area (Å²) >= 11 is 0. The first-order chi connectivity index (χ1) is 8.60. The molecule has 3 aliphatic rings. The summed E-state index contributed by atoms with van der Waals surface area (Å²) in [6.07, 6.45) is 11.8. The molecule has 3 aliphatic carbocycles. The van der Waals surface area contributed by atoms with Gasteiger partial charge in [-0.05, 0) is 37.0 Å². The van der Waals surface area contributed by atoms with Gasteiger partial charge in [-0.2, -0.15) is 0 Å². The van der Waals surface area contributed by atoms with E-state index in [1.54, 1.807) is 0 Å². The van der Waals surface area contributed by atoms with Gasteiger partial charge in [-0.25, -0.2) is 0 Å². The molecule has 1 fully saturated rings. The molecule has 0 heterocycles. The van der Waals surface area contributed by atoms with Crippen molar-refractivity contribution in [3.63, 3.8) is 0 Å². The molecule has 0 spiro atoms. The highest BCUT2D eigenvalue weighted by atomic mass is 16.2. The van der Waals surface area contributed by atoms with Crippen LogP contribution in [0.2, 0.25) is 0 Å². The summed E-state index contributed by atoms with van der Waals surface area (Å²) in [7, 11) is 0. The summed E-state index contributed by atoms with van der Waals surface area (Å²) in [5, 5.41) is 2.90. The Morgan fingerprint density at radius 1 is 1.33 bits per heavy atom. The standard InChI is InChI=1S/C15H15NO2/c1-15(9-3-6-13(15)17)16-14(18)12-8-7-10-4-2-5-11(10)12/h2,4-5,7-8H,3,6,9H2,1H3,(H,16,18). The van der Waals surface area contributed by atoms with Crippen molar-refractivity contribution in [1.29, 1.82) is 0 Å². The minimum atomic E-state index is -0.673. The van der Waals surface area contributed by atoms with Crippen molar-refractivity contribution in [2.24, 2.45) is 0 Å². The first-order valence-corrected chi connectivity index (χ1v) is 6.27. The topological polar surface area (TPSA) is 46.2 Å². The third-order valence-corrected chi connectivity index (χ3v) is 3.90. The van der Waals surface area contributed by atoms with Crippen molar-refractivity contribution in [2.45, 2.75) is 31.7 Å². The van der Waals surface area contributed by atoms with Crippen LogP contribution in [-0.4, -0.2) is 17.2 Å². The van der Waals surface area contributed by atoms with Crippen LogP contribution in [-0.2, 0) is 9.59 Å². The van der Waals surface area contributed by atoms with Gasteiger partial charge in [0.25, 0.3) is 5.91 Å². The van der Waals surface area contributed by atoms with Crippen LogP contribution in [0.3, 0.4) is 0 Å². The zero-order valence-corrected chi connectivity index (χ0v) is 10.3. The Kier molecular flexibility index (Phi) is 2.37. The fourth-order valence-electron chi connectivity index (χ4n) is 2.75. The molecule has 1 atom stereocenters. The van der Waals surface area contributed by atoms with Crippen molar-refractivity contribution >= 4 is 11.7 Å². The highest BCUT2D eigenvalue weighted by molar-refractivity contribution is 6.04. The Morgan fingerprint density at radius 2 is 2.17 bits per heavy atom. The summed E-state index contributed by atoms with van der Waals surface area (Å²) in [6, 6.07) is 0. The van der Waals surface area contributed by atoms with Crippen molar-refractivity contribution in [3.8, 4) is 0 Å². The lowest BCUT2D eigenvalue weighted by atomic mass is 9.98. The smallest absolute Gasteiger partial charge is 0.252 e. The molecule has 0 bridgehead atoms. The second kappa shape index (κ2) is 3.80. The van der Waals surface area contributed by atoms with Crippen LogP contribution in [0.15, 0.2) is 47.1 Å². The number of nitrogens with one attached hydrogen (secondary N) is 1. The average molecular weight is 241 g/mol. The van der Waals surface area contributed by atoms with Gasteiger partial charge >= 0.3 is 0 Å². The predicted octanol–water partition coefficient (Wildman–Crippen LogP) is 1.98. The quantitative estimate of drug-likeness (QED) is 0.803. The zero-order valence-electron chi connectivity index (χ0n) is 10.3. The fraction of sp³-hybridized carbons (Fsp3) is 0.333. The van der Waals surface area contributed by atoms with Crippen LogP contribution in [0.1, 0.15) is 26.2 Å². The van der Waals surface area contributed by atoms with Gasteiger partial charge in [-0.1, -0.05) is 24.3 Å². The number of hydrogen-bond acceptors (Lipinski definition) is 2. The van der Waals surface area contributed by atoms with Crippen molar-refractivity contribution in [3.05, 3.63) is 47.1 Å². The van der Waals surface area contributed by atoms with E-state index in [0.29, 0.717) is 12.0 Å². The van der Waals surface area contributed by atoms with E-state index in [9.17, 15) is 9.59 Å². The van der Waals surface area contributed by atoms with Gasteiger partial charge in [0.1, 0.15) is 0 Å². The minimum absolute atomic E-state index is 0.140. The third kappa shape index (κ3) is 1.58. The second-order valence-electron chi connectivity index (χ2n) is 5.20. The van der Waals surface area contributed by atoms with Crippen molar-refractivity contribution in [2.75, 3.05) is 0 Å². The van der Waals surface area contributed by atoms with Gasteiger partial charge in [-0.15, -0.1) is 0 Å². The number of carbonyl (C=O) groups is 2. The molecule has 1 amide bonds. The number of Topliss-reactive ketones (excluding diaryl/α,β-unsaturated/α-hetero) is 1. The molecular weight excluding hydrogens is 226 g/mol. The van der Waals surface area contributed by atoms with E-state index in [-0.39, 0.29) is 11.7 Å². The molecule has 0 saturated heterocycles. The molecule has 0 aromatic heterocycles. The highest BCUT2D eigenvalue weighted by Crippen LogP contribution is 2.31. The predicted molar refractivity (Wildman–Crippen MR) is 68.8 cm³/mol. The summed E-state index contributed by atoms with van der Waals surface area (Å²) < 4.78 is 0. The molecular formula is C15H15NO2. The summed E-state index contributed by atoms with van der Waals surface area (Å²) in [5.41, 5.74) is 2.02. The highest BCUT2D eigenvalue weighted by Gasteiger charge is 2.39. The normalized spacial score (nSPS) is 28.9. The van der Waals surface area contributed by atoms with E-state index < -0.39 is 5.54 Å². The molecule has 3 heteroatoms. The Morgan fingerprint density at radius 3 is 2.89 bits per heavy atom. The lowest BCUT2D eigenvalue weighted by Gasteiger charge is -2.23. The molecule has 92 valence electrons. The lowest BCUT2D eigenvalue weighted by molar-refractivity contribution is -0.127. The van der Waals surface area contributed by atoms with Crippen LogP contribution in [0.25, 0.3) is 0 Å². The summed E-state index contributed by atoms with van der Waals surface area (Å²) in [5.74, 6) is -0.00453. The maximum atomic E-state index is 12.3. The van der Waals surface area contributed by atoms with Crippen LogP contribution in [0.4, 0.5) is 0 Å². The Hall–Kier alpha value is -1.90. The molecule has 1 saturated carbocycles. The fourth-order valence-corrected chi connectivity index (χ4v) is 2.75. The Labute approximate surface area is 106 Å². The van der Waals surface area contributed by atoms with E-state index in [1.807, 2.05) is 37.3 Å². The van der Waals surface area contributed by atoms with Gasteiger partial charge in [0, 0.05) is 12.0 Å². The third-order valence-electron chi connectivity index (χ3n) is 3.90. The maximum Gasteiger partial charge on any atom is 0.252 e. The number of ketones is 1. The van der Waals surface area contributed by atoms with Crippen molar-refractivity contribution < 1.29 is 9.59 Å². The molecule has 0 aromatic rings. The molecule has 0 radical (unpaired) electrons. The molecule has 3 rings (SSSR count).